The van der Waals surface area contributed by atoms with E-state index >= 15 is 0 Å². The van der Waals surface area contributed by atoms with Gasteiger partial charge in [-0.15, -0.1) is 11.3 Å². The molecule has 3 aliphatic rings. The first-order valence-electron chi connectivity index (χ1n) is 12.8. The number of nitrogens with one attached hydrogen (secondary N) is 1. The molecule has 39 heavy (non-hydrogen) atoms. The van der Waals surface area contributed by atoms with Crippen molar-refractivity contribution in [2.45, 2.75) is 24.4 Å². The number of allylic oxidation sites excluding steroid dienone is 1. The molecule has 7 rings (SSSR count). The van der Waals surface area contributed by atoms with E-state index in [9.17, 15) is 18.8 Å². The number of nitrogens with zero attached hydrogens (tertiary/aromatic N) is 1. The molecule has 0 aliphatic carbocycles. The first-order chi connectivity index (χ1) is 18.9. The number of hydrogen-bond acceptors (Lipinski definition) is 5. The second kappa shape index (κ2) is 8.58. The molecule has 3 aliphatic heterocycles. The third-order valence-corrected chi connectivity index (χ3v) is 9.21. The molecule has 1 amide bonds. The molecule has 7 heteroatoms. The molecule has 0 radical (unpaired) electrons. The topological polar surface area (TPSA) is 66.5 Å². The normalized spacial score (nSPS) is 24.6. The molecule has 1 fully saturated rings. The molecule has 3 aromatic carbocycles. The molecular weight excluding hydrogens is 511 g/mol. The predicted octanol–water partition coefficient (Wildman–Crippen LogP) is 6.13. The molecule has 4 atom stereocenters. The van der Waals surface area contributed by atoms with Gasteiger partial charge in [-0.25, -0.2) is 4.39 Å². The van der Waals surface area contributed by atoms with Crippen LogP contribution in [0.1, 0.15) is 38.1 Å². The van der Waals surface area contributed by atoms with Gasteiger partial charge >= 0.3 is 0 Å². The third-order valence-electron chi connectivity index (χ3n) is 8.33. The molecule has 1 spiro atoms. The smallest absolute Gasteiger partial charge is 0.238 e. The van der Waals surface area contributed by atoms with Crippen LogP contribution >= 0.6 is 11.3 Å². The number of carbonyl (C=O) groups is 3. The van der Waals surface area contributed by atoms with Gasteiger partial charge in [0.2, 0.25) is 5.91 Å². The zero-order chi connectivity index (χ0) is 26.9. The fourth-order valence-corrected chi connectivity index (χ4v) is 7.44. The van der Waals surface area contributed by atoms with Gasteiger partial charge in [-0.1, -0.05) is 48.5 Å². The van der Waals surface area contributed by atoms with Crippen LogP contribution in [0.5, 0.6) is 0 Å². The number of ketones is 2. The van der Waals surface area contributed by atoms with E-state index < -0.39 is 29.2 Å². The van der Waals surface area contributed by atoms with E-state index in [4.69, 9.17) is 0 Å². The Morgan fingerprint density at radius 1 is 0.923 bits per heavy atom. The molecule has 0 bridgehead atoms. The summed E-state index contributed by atoms with van der Waals surface area (Å²) in [6.45, 7) is 1.99. The van der Waals surface area contributed by atoms with Crippen LogP contribution in [0.2, 0.25) is 0 Å². The lowest BCUT2D eigenvalue weighted by atomic mass is 9.64. The number of carbonyl (C=O) groups excluding carboxylic acids is 3. The molecule has 4 aromatic rings. The van der Waals surface area contributed by atoms with Crippen LogP contribution in [-0.4, -0.2) is 29.6 Å². The Balaban J connectivity index is 1.56. The van der Waals surface area contributed by atoms with Crippen molar-refractivity contribution in [2.24, 2.45) is 5.92 Å². The highest BCUT2D eigenvalue weighted by molar-refractivity contribution is 7.12. The highest BCUT2D eigenvalue weighted by Crippen LogP contribution is 2.58. The number of amides is 1. The summed E-state index contributed by atoms with van der Waals surface area (Å²) in [5.41, 5.74) is 2.94. The van der Waals surface area contributed by atoms with Crippen molar-refractivity contribution in [1.29, 1.82) is 0 Å². The lowest BCUT2D eigenvalue weighted by Gasteiger charge is -2.39. The standard InChI is InChI=1S/C32H23FN2O3S/c1-18-17-26-32(22-8-3-4-9-23(22)34-31(32)38)27(29(36)19-12-14-20(33)15-13-19)28(30(37)25-11-6-16-39-25)35(26)24-10-5-2-7-21(18)24/h2-17,26-28H,1H3,(H,34,38)/t26-,27+,28-,32-/m0/s1. The van der Waals surface area contributed by atoms with Gasteiger partial charge in [0, 0.05) is 22.5 Å². The van der Waals surface area contributed by atoms with Crippen LogP contribution in [-0.2, 0) is 10.2 Å². The van der Waals surface area contributed by atoms with Crippen molar-refractivity contribution in [3.05, 3.63) is 124 Å². The summed E-state index contributed by atoms with van der Waals surface area (Å²) in [5, 5.41) is 4.86. The van der Waals surface area contributed by atoms with Gasteiger partial charge < -0.3 is 10.2 Å². The first kappa shape index (κ1) is 23.7. The summed E-state index contributed by atoms with van der Waals surface area (Å²) < 4.78 is 13.9. The minimum absolute atomic E-state index is 0.215. The summed E-state index contributed by atoms with van der Waals surface area (Å²) in [4.78, 5) is 45.8. The number of anilines is 2. The van der Waals surface area contributed by atoms with Gasteiger partial charge in [0.05, 0.1) is 16.8 Å². The lowest BCUT2D eigenvalue weighted by Crippen LogP contribution is -2.51. The van der Waals surface area contributed by atoms with Crippen molar-refractivity contribution < 1.29 is 18.8 Å². The van der Waals surface area contributed by atoms with E-state index in [1.807, 2.05) is 77.9 Å². The Morgan fingerprint density at radius 2 is 1.67 bits per heavy atom. The third kappa shape index (κ3) is 3.20. The largest absolute Gasteiger partial charge is 0.352 e. The average Bonchev–Trinajstić information content (AvgIpc) is 3.66. The van der Waals surface area contributed by atoms with Crippen molar-refractivity contribution >= 4 is 45.8 Å². The summed E-state index contributed by atoms with van der Waals surface area (Å²) in [6, 6.07) is 22.5. The van der Waals surface area contributed by atoms with Crippen molar-refractivity contribution in [1.82, 2.24) is 0 Å². The number of fused-ring (bicyclic) bond motifs is 6. The SMILES string of the molecule is CC1=C[C@@H]2N(c3ccccc31)[C@H](C(=O)c1cccs1)[C@H](C(=O)c1ccc(F)cc1)[C@@]21C(=O)Nc2ccccc21. The van der Waals surface area contributed by atoms with E-state index in [0.29, 0.717) is 16.1 Å². The number of rotatable bonds is 4. The molecule has 1 saturated heterocycles. The van der Waals surface area contributed by atoms with Gasteiger partial charge in [-0.05, 0) is 65.9 Å². The van der Waals surface area contributed by atoms with Crippen LogP contribution in [0.25, 0.3) is 5.57 Å². The quantitative estimate of drug-likeness (QED) is 0.320. The monoisotopic (exact) mass is 534 g/mol. The number of thiophene rings is 1. The van der Waals surface area contributed by atoms with Crippen LogP contribution in [0.4, 0.5) is 15.8 Å². The highest BCUT2D eigenvalue weighted by Gasteiger charge is 2.70. The summed E-state index contributed by atoms with van der Waals surface area (Å²) in [5.74, 6) is -2.43. The van der Waals surface area contributed by atoms with Crippen molar-refractivity contribution in [2.75, 3.05) is 10.2 Å². The van der Waals surface area contributed by atoms with Gasteiger partial charge in [-0.2, -0.15) is 0 Å². The van der Waals surface area contributed by atoms with Crippen LogP contribution in [0.3, 0.4) is 0 Å². The second-order valence-corrected chi connectivity index (χ2v) is 11.2. The fraction of sp³-hybridized carbons (Fsp3) is 0.156. The van der Waals surface area contributed by atoms with E-state index in [0.717, 1.165) is 16.8 Å². The zero-order valence-corrected chi connectivity index (χ0v) is 21.7. The van der Waals surface area contributed by atoms with E-state index in [-0.39, 0.29) is 23.0 Å². The Kier molecular flexibility index (Phi) is 5.22. The maximum absolute atomic E-state index is 14.6. The minimum atomic E-state index is -1.38. The van der Waals surface area contributed by atoms with Gasteiger partial charge in [0.25, 0.3) is 0 Å². The number of hydrogen-bond donors (Lipinski definition) is 1. The van der Waals surface area contributed by atoms with Crippen LogP contribution in [0.15, 0.2) is 96.4 Å². The number of benzene rings is 3. The van der Waals surface area contributed by atoms with E-state index in [1.165, 1.54) is 35.6 Å². The van der Waals surface area contributed by atoms with E-state index in [2.05, 4.69) is 5.32 Å². The summed E-state index contributed by atoms with van der Waals surface area (Å²) in [7, 11) is 0. The second-order valence-electron chi connectivity index (χ2n) is 10.2. The number of para-hydroxylation sites is 2. The summed E-state index contributed by atoms with van der Waals surface area (Å²) >= 11 is 1.31. The van der Waals surface area contributed by atoms with E-state index in [1.54, 1.807) is 6.07 Å². The molecule has 1 N–H and O–H groups in total. The van der Waals surface area contributed by atoms with Gasteiger partial charge in [-0.3, -0.25) is 14.4 Å². The Labute approximate surface area is 228 Å². The molecule has 0 saturated carbocycles. The Bertz CT molecular complexity index is 1690. The molecule has 4 heterocycles. The molecule has 0 unspecified atom stereocenters. The van der Waals surface area contributed by atoms with Gasteiger partial charge in [0.15, 0.2) is 11.6 Å². The van der Waals surface area contributed by atoms with Crippen molar-refractivity contribution in [3.8, 4) is 0 Å². The number of Topliss-reactive ketones (excluding diaryl/α,β-unsaturated/α-hetero) is 2. The predicted molar refractivity (Wildman–Crippen MR) is 150 cm³/mol. The Hall–Kier alpha value is -4.36. The maximum Gasteiger partial charge on any atom is 0.238 e. The van der Waals surface area contributed by atoms with Gasteiger partial charge in [0.1, 0.15) is 17.3 Å². The fourth-order valence-electron chi connectivity index (χ4n) is 6.75. The minimum Gasteiger partial charge on any atom is -0.352 e. The van der Waals surface area contributed by atoms with Crippen LogP contribution < -0.4 is 10.2 Å². The maximum atomic E-state index is 14.6. The highest BCUT2D eigenvalue weighted by atomic mass is 32.1. The van der Waals surface area contributed by atoms with Crippen molar-refractivity contribution in [3.63, 3.8) is 0 Å². The molecule has 192 valence electrons. The lowest BCUT2D eigenvalue weighted by molar-refractivity contribution is -0.121. The number of halogens is 1. The average molecular weight is 535 g/mol. The van der Waals surface area contributed by atoms with Crippen LogP contribution in [0, 0.1) is 11.7 Å². The molecule has 1 aromatic heterocycles. The first-order valence-corrected chi connectivity index (χ1v) is 13.7. The summed E-state index contributed by atoms with van der Waals surface area (Å²) in [6.07, 6.45) is 2.02. The Morgan fingerprint density at radius 3 is 2.44 bits per heavy atom. The zero-order valence-electron chi connectivity index (χ0n) is 20.9. The molecular formula is C32H23FN2O3S. The molecule has 5 nitrogen and oxygen atoms in total.